The largest absolute Gasteiger partial charge is 0.445 e. The minimum absolute atomic E-state index is 0.241. The molecule has 5 rings (SSSR count). The molecule has 0 unspecified atom stereocenters. The van der Waals surface area contributed by atoms with E-state index >= 15 is 0 Å². The van der Waals surface area contributed by atoms with Gasteiger partial charge in [-0.2, -0.15) is 0 Å². The van der Waals surface area contributed by atoms with E-state index < -0.39 is 6.09 Å². The van der Waals surface area contributed by atoms with Crippen LogP contribution in [0.3, 0.4) is 0 Å². The second-order valence-electron chi connectivity index (χ2n) is 11.4. The summed E-state index contributed by atoms with van der Waals surface area (Å²) in [5, 5.41) is 12.2. The van der Waals surface area contributed by atoms with Crippen LogP contribution in [0.1, 0.15) is 75.2 Å². The number of nitrogens with zero attached hydrogens (tertiary/aromatic N) is 2. The lowest BCUT2D eigenvalue weighted by molar-refractivity contribution is 0.0888. The number of fused-ring (bicyclic) bond motifs is 1. The van der Waals surface area contributed by atoms with Gasteiger partial charge in [0.25, 0.3) is 0 Å². The number of carbonyl (C=O) groups excluding carboxylic acids is 1. The molecule has 0 bridgehead atoms. The van der Waals surface area contributed by atoms with E-state index in [0.29, 0.717) is 12.6 Å². The fraction of sp³-hybridized carbons (Fsp3) is 0.500. The number of benzene rings is 2. The van der Waals surface area contributed by atoms with E-state index in [1.807, 2.05) is 36.4 Å². The van der Waals surface area contributed by atoms with Crippen LogP contribution >= 0.6 is 0 Å². The highest BCUT2D eigenvalue weighted by atomic mass is 16.5. The molecule has 2 aromatic carbocycles. The van der Waals surface area contributed by atoms with Gasteiger partial charge in [-0.1, -0.05) is 62.4 Å². The fourth-order valence-electron chi connectivity index (χ4n) is 6.67. The van der Waals surface area contributed by atoms with Crippen LogP contribution in [0.5, 0.6) is 0 Å². The summed E-state index contributed by atoms with van der Waals surface area (Å²) in [5.41, 5.74) is 3.99. The van der Waals surface area contributed by atoms with Gasteiger partial charge in [0, 0.05) is 53.5 Å². The molecule has 0 radical (unpaired) electrons. The first-order valence-electron chi connectivity index (χ1n) is 14.4. The van der Waals surface area contributed by atoms with Crippen LogP contribution in [0, 0.1) is 17.2 Å². The highest BCUT2D eigenvalue weighted by Crippen LogP contribution is 2.37. The van der Waals surface area contributed by atoms with Crippen molar-refractivity contribution in [3.8, 4) is 0 Å². The van der Waals surface area contributed by atoms with E-state index in [2.05, 4.69) is 46.8 Å². The van der Waals surface area contributed by atoms with Crippen molar-refractivity contribution >= 4 is 23.2 Å². The minimum atomic E-state index is -0.437. The predicted molar refractivity (Wildman–Crippen MR) is 154 cm³/mol. The maximum absolute atomic E-state index is 12.6. The summed E-state index contributed by atoms with van der Waals surface area (Å²) >= 11 is 0. The number of nitrogens with one attached hydrogen (secondary N) is 2. The summed E-state index contributed by atoms with van der Waals surface area (Å²) in [6.45, 7) is 7.54. The fourth-order valence-corrected chi connectivity index (χ4v) is 6.67. The molecule has 6 nitrogen and oxygen atoms in total. The molecule has 0 atom stereocenters. The Bertz CT molecular complexity index is 1220. The van der Waals surface area contributed by atoms with E-state index in [9.17, 15) is 4.79 Å². The molecule has 1 aliphatic heterocycles. The first-order chi connectivity index (χ1) is 18.5. The highest BCUT2D eigenvalue weighted by Gasteiger charge is 2.31. The third-order valence-corrected chi connectivity index (χ3v) is 8.88. The van der Waals surface area contributed by atoms with Gasteiger partial charge in [0.05, 0.1) is 6.54 Å². The van der Waals surface area contributed by atoms with Gasteiger partial charge in [0.1, 0.15) is 6.61 Å². The Morgan fingerprint density at radius 1 is 0.974 bits per heavy atom. The van der Waals surface area contributed by atoms with Gasteiger partial charge in [-0.25, -0.2) is 4.79 Å². The van der Waals surface area contributed by atoms with Crippen molar-refractivity contribution in [3.05, 3.63) is 71.4 Å². The maximum Gasteiger partial charge on any atom is 0.407 e. The van der Waals surface area contributed by atoms with Gasteiger partial charge in [-0.15, -0.1) is 0 Å². The molecule has 0 spiro atoms. The number of carbonyl (C=O) groups is 1. The molecule has 38 heavy (non-hydrogen) atoms. The van der Waals surface area contributed by atoms with E-state index in [4.69, 9.17) is 10.1 Å². The van der Waals surface area contributed by atoms with Crippen LogP contribution in [-0.2, 0) is 17.9 Å². The van der Waals surface area contributed by atoms with Crippen molar-refractivity contribution < 1.29 is 9.53 Å². The summed E-state index contributed by atoms with van der Waals surface area (Å²) < 4.78 is 7.87. The number of rotatable bonds is 8. The molecule has 1 aromatic heterocycles. The lowest BCUT2D eigenvalue weighted by Gasteiger charge is -2.42. The zero-order valence-corrected chi connectivity index (χ0v) is 22.9. The Hall–Kier alpha value is -3.12. The monoisotopic (exact) mass is 514 g/mol. The van der Waals surface area contributed by atoms with E-state index in [0.717, 1.165) is 71.5 Å². The molecule has 1 saturated heterocycles. The molecule has 2 heterocycles. The first-order valence-corrected chi connectivity index (χ1v) is 14.4. The zero-order chi connectivity index (χ0) is 26.5. The minimum Gasteiger partial charge on any atom is -0.445 e. The number of para-hydroxylation sites is 1. The Morgan fingerprint density at radius 3 is 2.34 bits per heavy atom. The van der Waals surface area contributed by atoms with Crippen molar-refractivity contribution in [1.29, 1.82) is 5.41 Å². The third-order valence-electron chi connectivity index (χ3n) is 8.88. The number of hydrogen-bond donors (Lipinski definition) is 2. The molecule has 3 aromatic rings. The number of hydrogen-bond acceptors (Lipinski definition) is 4. The number of ether oxygens (including phenoxy) is 1. The summed E-state index contributed by atoms with van der Waals surface area (Å²) in [6, 6.07) is 19.1. The molecular weight excluding hydrogens is 472 g/mol. The van der Waals surface area contributed by atoms with Gasteiger partial charge < -0.3 is 24.9 Å². The first kappa shape index (κ1) is 26.5. The van der Waals surface area contributed by atoms with Gasteiger partial charge in [0.2, 0.25) is 0 Å². The standard InChI is InChI=1S/C32H42N4O2/c1-23(2)25-12-14-26(15-13-25)35-18-16-27(17-19-35)36-30-11-7-6-10-28(30)29(20-33)31(36)21-34-32(37)38-22-24-8-4-3-5-9-24/h3-11,20,23,25-27,33H,12-19,21-22H2,1-2H3,(H,34,37)/t25-,26+. The lowest BCUT2D eigenvalue weighted by Crippen LogP contribution is -2.44. The SMILES string of the molecule is CC(C)[C@H]1CC[C@@H](N2CCC(n3c(CNC(=O)OCc4ccccc4)c(C=N)c4ccccc43)CC2)CC1. The molecule has 2 N–H and O–H groups in total. The van der Waals surface area contributed by atoms with Crippen LogP contribution in [0.15, 0.2) is 54.6 Å². The van der Waals surface area contributed by atoms with Crippen LogP contribution < -0.4 is 5.32 Å². The van der Waals surface area contributed by atoms with Crippen molar-refractivity contribution in [2.24, 2.45) is 11.8 Å². The molecule has 1 amide bonds. The quantitative estimate of drug-likeness (QED) is 0.321. The molecule has 1 saturated carbocycles. The molecule has 2 fully saturated rings. The van der Waals surface area contributed by atoms with Crippen molar-refractivity contribution in [3.63, 3.8) is 0 Å². The average molecular weight is 515 g/mol. The number of likely N-dealkylation sites (tertiary alicyclic amines) is 1. The van der Waals surface area contributed by atoms with Gasteiger partial charge in [-0.3, -0.25) is 0 Å². The van der Waals surface area contributed by atoms with Crippen LogP contribution in [0.2, 0.25) is 0 Å². The second-order valence-corrected chi connectivity index (χ2v) is 11.4. The zero-order valence-electron chi connectivity index (χ0n) is 22.9. The van der Waals surface area contributed by atoms with E-state index in [1.165, 1.54) is 31.9 Å². The average Bonchev–Trinajstić information content (AvgIpc) is 3.29. The summed E-state index contributed by atoms with van der Waals surface area (Å²) in [5.74, 6) is 1.69. The van der Waals surface area contributed by atoms with E-state index in [-0.39, 0.29) is 6.61 Å². The number of aromatic nitrogens is 1. The maximum atomic E-state index is 12.6. The summed E-state index contributed by atoms with van der Waals surface area (Å²) in [4.78, 5) is 15.3. The Balaban J connectivity index is 1.27. The molecule has 202 valence electrons. The number of alkyl carbamates (subject to hydrolysis) is 1. The molecule has 6 heteroatoms. The predicted octanol–water partition coefficient (Wildman–Crippen LogP) is 6.92. The Morgan fingerprint density at radius 2 is 1.66 bits per heavy atom. The Labute approximate surface area is 226 Å². The molecule has 2 aliphatic rings. The van der Waals surface area contributed by atoms with Crippen LogP contribution in [0.4, 0.5) is 4.79 Å². The van der Waals surface area contributed by atoms with Crippen LogP contribution in [-0.4, -0.2) is 40.9 Å². The van der Waals surface area contributed by atoms with Crippen molar-refractivity contribution in [2.75, 3.05) is 13.1 Å². The number of amides is 1. The lowest BCUT2D eigenvalue weighted by atomic mass is 9.79. The van der Waals surface area contributed by atoms with Crippen molar-refractivity contribution in [2.45, 2.75) is 77.6 Å². The van der Waals surface area contributed by atoms with Crippen LogP contribution in [0.25, 0.3) is 10.9 Å². The normalized spacial score (nSPS) is 21.0. The molecular formula is C32H42N4O2. The van der Waals surface area contributed by atoms with Gasteiger partial charge in [0.15, 0.2) is 0 Å². The van der Waals surface area contributed by atoms with Gasteiger partial charge in [-0.05, 0) is 62.0 Å². The van der Waals surface area contributed by atoms with E-state index in [1.54, 1.807) is 0 Å². The highest BCUT2D eigenvalue weighted by molar-refractivity contribution is 6.00. The Kier molecular flexibility index (Phi) is 8.48. The topological polar surface area (TPSA) is 70.3 Å². The summed E-state index contributed by atoms with van der Waals surface area (Å²) in [6.07, 6.45) is 8.57. The second kappa shape index (κ2) is 12.2. The smallest absolute Gasteiger partial charge is 0.407 e. The van der Waals surface area contributed by atoms with Gasteiger partial charge >= 0.3 is 6.09 Å². The third kappa shape index (κ3) is 5.80. The van der Waals surface area contributed by atoms with Crippen molar-refractivity contribution in [1.82, 2.24) is 14.8 Å². The summed E-state index contributed by atoms with van der Waals surface area (Å²) in [7, 11) is 0. The number of piperidine rings is 1. The molecule has 1 aliphatic carbocycles.